The Kier molecular flexibility index (Phi) is 4.60. The van der Waals surface area contributed by atoms with Crippen molar-refractivity contribution in [3.8, 4) is 0 Å². The zero-order chi connectivity index (χ0) is 15.6. The van der Waals surface area contributed by atoms with Crippen LogP contribution < -0.4 is 4.90 Å². The predicted molar refractivity (Wildman–Crippen MR) is 82.9 cm³/mol. The van der Waals surface area contributed by atoms with E-state index in [0.717, 1.165) is 24.4 Å². The van der Waals surface area contributed by atoms with Crippen LogP contribution in [0.4, 0.5) is 11.4 Å². The molecule has 0 saturated heterocycles. The Morgan fingerprint density at radius 2 is 1.90 bits per heavy atom. The van der Waals surface area contributed by atoms with E-state index in [1.165, 1.54) is 25.8 Å². The van der Waals surface area contributed by atoms with Crippen LogP contribution in [0, 0.1) is 16.0 Å². The predicted octanol–water partition coefficient (Wildman–Crippen LogP) is 3.81. The van der Waals surface area contributed by atoms with Crippen molar-refractivity contribution in [3.63, 3.8) is 0 Å². The Morgan fingerprint density at radius 3 is 2.43 bits per heavy atom. The highest BCUT2D eigenvalue weighted by molar-refractivity contribution is 5.99. The number of Topliss-reactive ketones (excluding diaryl/α,β-unsaturated/α-hetero) is 1. The van der Waals surface area contributed by atoms with Gasteiger partial charge in [0.05, 0.1) is 10.5 Å². The number of hydrogen-bond acceptors (Lipinski definition) is 4. The first-order valence-electron chi connectivity index (χ1n) is 7.42. The number of carbonyl (C=O) groups excluding carboxylic acids is 1. The summed E-state index contributed by atoms with van der Waals surface area (Å²) in [4.78, 5) is 24.3. The third kappa shape index (κ3) is 3.40. The largest absolute Gasteiger partial charge is 0.372 e. The lowest BCUT2D eigenvalue weighted by atomic mass is 9.86. The molecule has 21 heavy (non-hydrogen) atoms. The van der Waals surface area contributed by atoms with E-state index in [0.29, 0.717) is 6.04 Å². The van der Waals surface area contributed by atoms with Crippen LogP contribution >= 0.6 is 0 Å². The normalized spacial score (nSPS) is 21.9. The Hall–Kier alpha value is -1.91. The Balaban J connectivity index is 2.25. The molecule has 0 heterocycles. The van der Waals surface area contributed by atoms with Crippen molar-refractivity contribution in [2.24, 2.45) is 5.92 Å². The molecule has 1 fully saturated rings. The highest BCUT2D eigenvalue weighted by Crippen LogP contribution is 2.31. The van der Waals surface area contributed by atoms with Gasteiger partial charge in [-0.15, -0.1) is 0 Å². The zero-order valence-corrected chi connectivity index (χ0v) is 12.8. The molecular formula is C16H22N2O3. The number of anilines is 1. The summed E-state index contributed by atoms with van der Waals surface area (Å²) in [6.07, 6.45) is 4.68. The summed E-state index contributed by atoms with van der Waals surface area (Å²) in [6, 6.07) is 5.28. The molecule has 0 spiro atoms. The van der Waals surface area contributed by atoms with Crippen molar-refractivity contribution in [1.82, 2.24) is 0 Å². The van der Waals surface area contributed by atoms with Crippen molar-refractivity contribution in [2.75, 3.05) is 11.9 Å². The summed E-state index contributed by atoms with van der Waals surface area (Å²) in [5.74, 6) is 0.508. The molecule has 5 heteroatoms. The van der Waals surface area contributed by atoms with E-state index in [1.54, 1.807) is 12.1 Å². The van der Waals surface area contributed by atoms with E-state index in [2.05, 4.69) is 11.8 Å². The van der Waals surface area contributed by atoms with Crippen molar-refractivity contribution < 1.29 is 9.72 Å². The maximum atomic E-state index is 11.6. The van der Waals surface area contributed by atoms with Crippen molar-refractivity contribution >= 4 is 17.2 Å². The number of nitro groups is 1. The summed E-state index contributed by atoms with van der Waals surface area (Å²) < 4.78 is 0. The summed E-state index contributed by atoms with van der Waals surface area (Å²) in [5.41, 5.74) is 0.954. The SMILES string of the molecule is CC(=O)c1cc(N(C)C2CCC(C)CC2)ccc1[N+](=O)[O-]. The quantitative estimate of drug-likeness (QED) is 0.480. The molecule has 0 aliphatic heterocycles. The topological polar surface area (TPSA) is 63.5 Å². The molecule has 1 aliphatic rings. The molecule has 0 unspecified atom stereocenters. The van der Waals surface area contributed by atoms with Crippen LogP contribution in [-0.2, 0) is 0 Å². The molecular weight excluding hydrogens is 268 g/mol. The standard InChI is InChI=1S/C16H22N2O3/c1-11-4-6-13(7-5-11)17(3)14-8-9-16(18(20)21)15(10-14)12(2)19/h8-11,13H,4-7H2,1-3H3. The number of rotatable bonds is 4. The van der Waals surface area contributed by atoms with Gasteiger partial charge < -0.3 is 4.90 Å². The summed E-state index contributed by atoms with van der Waals surface area (Å²) in [5, 5.41) is 11.0. The lowest BCUT2D eigenvalue weighted by Gasteiger charge is -2.35. The molecule has 0 amide bonds. The first-order valence-corrected chi connectivity index (χ1v) is 7.42. The third-order valence-corrected chi connectivity index (χ3v) is 4.50. The second-order valence-electron chi connectivity index (χ2n) is 6.04. The van der Waals surface area contributed by atoms with Gasteiger partial charge in [0.25, 0.3) is 5.69 Å². The zero-order valence-electron chi connectivity index (χ0n) is 12.8. The molecule has 1 aromatic carbocycles. The highest BCUT2D eigenvalue weighted by atomic mass is 16.6. The second-order valence-corrected chi connectivity index (χ2v) is 6.04. The van der Waals surface area contributed by atoms with Crippen LogP contribution in [0.25, 0.3) is 0 Å². The fraction of sp³-hybridized carbons (Fsp3) is 0.562. The fourth-order valence-electron chi connectivity index (χ4n) is 3.03. The van der Waals surface area contributed by atoms with Crippen molar-refractivity contribution in [2.45, 2.75) is 45.6 Å². The fourth-order valence-corrected chi connectivity index (χ4v) is 3.03. The van der Waals surface area contributed by atoms with Gasteiger partial charge in [-0.1, -0.05) is 6.92 Å². The molecule has 0 bridgehead atoms. The van der Waals surface area contributed by atoms with Crippen molar-refractivity contribution in [1.29, 1.82) is 0 Å². The Labute approximate surface area is 125 Å². The van der Waals surface area contributed by atoms with Gasteiger partial charge in [-0.2, -0.15) is 0 Å². The molecule has 0 N–H and O–H groups in total. The number of benzene rings is 1. The van der Waals surface area contributed by atoms with Crippen LogP contribution in [0.3, 0.4) is 0 Å². The monoisotopic (exact) mass is 290 g/mol. The lowest BCUT2D eigenvalue weighted by Crippen LogP contribution is -2.34. The van der Waals surface area contributed by atoms with Gasteiger partial charge in [-0.05, 0) is 50.7 Å². The smallest absolute Gasteiger partial charge is 0.280 e. The molecule has 2 rings (SSSR count). The first-order chi connectivity index (χ1) is 9.90. The van der Waals surface area contributed by atoms with Crippen LogP contribution in [0.1, 0.15) is 49.9 Å². The highest BCUT2D eigenvalue weighted by Gasteiger charge is 2.24. The second kappa shape index (κ2) is 6.24. The summed E-state index contributed by atoms with van der Waals surface area (Å²) in [6.45, 7) is 3.64. The molecule has 1 saturated carbocycles. The molecule has 0 atom stereocenters. The Morgan fingerprint density at radius 1 is 1.29 bits per heavy atom. The van der Waals surface area contributed by atoms with E-state index >= 15 is 0 Å². The molecule has 1 aromatic rings. The minimum absolute atomic E-state index is 0.114. The minimum Gasteiger partial charge on any atom is -0.372 e. The number of nitro benzene ring substituents is 1. The Bertz CT molecular complexity index is 548. The van der Waals surface area contributed by atoms with Gasteiger partial charge in [0.15, 0.2) is 5.78 Å². The van der Waals surface area contributed by atoms with Crippen LogP contribution in [0.2, 0.25) is 0 Å². The molecule has 114 valence electrons. The number of hydrogen-bond donors (Lipinski definition) is 0. The lowest BCUT2D eigenvalue weighted by molar-refractivity contribution is -0.385. The van der Waals surface area contributed by atoms with E-state index in [9.17, 15) is 14.9 Å². The van der Waals surface area contributed by atoms with Crippen molar-refractivity contribution in [3.05, 3.63) is 33.9 Å². The van der Waals surface area contributed by atoms with Gasteiger partial charge in [0.2, 0.25) is 0 Å². The van der Waals surface area contributed by atoms with E-state index in [-0.39, 0.29) is 17.0 Å². The number of ketones is 1. The average Bonchev–Trinajstić information content (AvgIpc) is 2.46. The number of carbonyl (C=O) groups is 1. The summed E-state index contributed by atoms with van der Waals surface area (Å²) in [7, 11) is 2.01. The minimum atomic E-state index is -0.497. The average molecular weight is 290 g/mol. The third-order valence-electron chi connectivity index (χ3n) is 4.50. The van der Waals surface area contributed by atoms with Gasteiger partial charge in [-0.25, -0.2) is 0 Å². The summed E-state index contributed by atoms with van der Waals surface area (Å²) >= 11 is 0. The van der Waals surface area contributed by atoms with Crippen LogP contribution in [0.15, 0.2) is 18.2 Å². The molecule has 0 radical (unpaired) electrons. The van der Waals surface area contributed by atoms with Crippen LogP contribution in [0.5, 0.6) is 0 Å². The van der Waals surface area contributed by atoms with E-state index in [4.69, 9.17) is 0 Å². The van der Waals surface area contributed by atoms with Crippen LogP contribution in [-0.4, -0.2) is 23.8 Å². The number of nitrogens with zero attached hydrogens (tertiary/aromatic N) is 2. The molecule has 1 aliphatic carbocycles. The van der Waals surface area contributed by atoms with Gasteiger partial charge in [-0.3, -0.25) is 14.9 Å². The molecule has 5 nitrogen and oxygen atoms in total. The maximum absolute atomic E-state index is 11.6. The maximum Gasteiger partial charge on any atom is 0.280 e. The van der Waals surface area contributed by atoms with Gasteiger partial charge >= 0.3 is 0 Å². The van der Waals surface area contributed by atoms with E-state index in [1.807, 2.05) is 7.05 Å². The van der Waals surface area contributed by atoms with Gasteiger partial charge in [0, 0.05) is 24.8 Å². The first kappa shape index (κ1) is 15.5. The van der Waals surface area contributed by atoms with E-state index < -0.39 is 4.92 Å². The van der Waals surface area contributed by atoms with Gasteiger partial charge in [0.1, 0.15) is 0 Å². The molecule has 0 aromatic heterocycles.